The van der Waals surface area contributed by atoms with Crippen molar-refractivity contribution in [3.05, 3.63) is 47.7 Å². The first-order valence-corrected chi connectivity index (χ1v) is 11.7. The van der Waals surface area contributed by atoms with Crippen molar-refractivity contribution in [1.29, 1.82) is 0 Å². The summed E-state index contributed by atoms with van der Waals surface area (Å²) in [6, 6.07) is 7.79. The van der Waals surface area contributed by atoms with Crippen LogP contribution in [0.4, 0.5) is 0 Å². The Kier molecular flexibility index (Phi) is 7.22. The summed E-state index contributed by atoms with van der Waals surface area (Å²) in [5, 5.41) is -0.253. The monoisotopic (exact) mass is 444 g/mol. The van der Waals surface area contributed by atoms with Crippen molar-refractivity contribution in [3.8, 4) is 0 Å². The van der Waals surface area contributed by atoms with Crippen LogP contribution in [0.3, 0.4) is 0 Å². The normalized spacial score (nSPS) is 13.4. The number of rotatable bonds is 9. The van der Waals surface area contributed by atoms with Gasteiger partial charge in [-0.3, -0.25) is 0 Å². The summed E-state index contributed by atoms with van der Waals surface area (Å²) in [7, 11) is -4.63. The molecule has 0 spiro atoms. The summed E-state index contributed by atoms with van der Waals surface area (Å²) < 4.78 is 62.3. The molecule has 1 N–H and O–H groups in total. The van der Waals surface area contributed by atoms with Gasteiger partial charge in [-0.15, -0.1) is 0 Å². The van der Waals surface area contributed by atoms with Gasteiger partial charge in [0.25, 0.3) is 10.0 Å². The molecule has 11 heteroatoms. The van der Waals surface area contributed by atoms with E-state index in [4.69, 9.17) is 9.15 Å². The van der Waals surface area contributed by atoms with Crippen LogP contribution < -0.4 is 4.72 Å². The second-order valence-corrected chi connectivity index (χ2v) is 10.3. The third-order valence-corrected chi connectivity index (χ3v) is 7.38. The van der Waals surface area contributed by atoms with E-state index in [0.717, 1.165) is 4.31 Å². The molecule has 0 fully saturated rings. The molecule has 1 aromatic heterocycles. The van der Waals surface area contributed by atoms with Gasteiger partial charge in [0.2, 0.25) is 15.1 Å². The minimum Gasteiger partial charge on any atom is -0.454 e. The van der Waals surface area contributed by atoms with E-state index in [0.29, 0.717) is 6.42 Å². The van der Waals surface area contributed by atoms with E-state index in [1.807, 2.05) is 6.92 Å². The fourth-order valence-corrected chi connectivity index (χ4v) is 4.30. The van der Waals surface area contributed by atoms with Gasteiger partial charge in [-0.1, -0.05) is 6.92 Å². The van der Waals surface area contributed by atoms with E-state index in [9.17, 15) is 21.6 Å². The van der Waals surface area contributed by atoms with Crippen molar-refractivity contribution in [2.75, 3.05) is 14.1 Å². The van der Waals surface area contributed by atoms with Gasteiger partial charge in [0.05, 0.1) is 10.5 Å². The van der Waals surface area contributed by atoms with Crippen LogP contribution >= 0.6 is 0 Å². The fourth-order valence-electron chi connectivity index (χ4n) is 2.16. The Labute approximate surface area is 170 Å². The average Bonchev–Trinajstić information content (AvgIpc) is 3.15. The smallest absolute Gasteiger partial charge is 0.338 e. The highest BCUT2D eigenvalue weighted by Gasteiger charge is 2.22. The second-order valence-electron chi connectivity index (χ2n) is 6.54. The molecule has 0 saturated carbocycles. The zero-order chi connectivity index (χ0) is 21.8. The Balaban J connectivity index is 2.03. The Morgan fingerprint density at radius 2 is 1.72 bits per heavy atom. The predicted molar refractivity (Wildman–Crippen MR) is 105 cm³/mol. The Hall–Kier alpha value is -2.21. The molecule has 0 radical (unpaired) electrons. The number of ether oxygens (including phenoxy) is 1. The molecule has 0 aliphatic heterocycles. The lowest BCUT2D eigenvalue weighted by atomic mass is 10.2. The van der Waals surface area contributed by atoms with Gasteiger partial charge in [-0.2, -0.15) is 0 Å². The van der Waals surface area contributed by atoms with E-state index in [1.165, 1.54) is 50.5 Å². The van der Waals surface area contributed by atoms with Crippen LogP contribution in [0.15, 0.2) is 50.8 Å². The molecule has 1 heterocycles. The largest absolute Gasteiger partial charge is 0.454 e. The fraction of sp³-hybridized carbons (Fsp3) is 0.389. The van der Waals surface area contributed by atoms with Crippen molar-refractivity contribution in [2.45, 2.75) is 42.9 Å². The molecule has 0 saturated heterocycles. The zero-order valence-corrected chi connectivity index (χ0v) is 18.2. The van der Waals surface area contributed by atoms with E-state index in [1.54, 1.807) is 6.92 Å². The van der Waals surface area contributed by atoms with E-state index in [2.05, 4.69) is 4.72 Å². The minimum absolute atomic E-state index is 0.0407. The Morgan fingerprint density at radius 1 is 1.10 bits per heavy atom. The number of carbonyl (C=O) groups excluding carboxylic acids is 1. The second kappa shape index (κ2) is 9.08. The maximum Gasteiger partial charge on any atom is 0.338 e. The standard InChI is InChI=1S/C18H24N2O7S2/c1-5-13(2)19-28(22,23)16-9-6-14(7-10-16)18(21)26-12-15-8-11-17(27-15)29(24,25)20(3)4/h6-11,13,19H,5,12H2,1-4H3. The van der Waals surface area contributed by atoms with Gasteiger partial charge in [-0.05, 0) is 49.7 Å². The van der Waals surface area contributed by atoms with Crippen LogP contribution in [0.25, 0.3) is 0 Å². The van der Waals surface area contributed by atoms with E-state index >= 15 is 0 Å². The molecular weight excluding hydrogens is 420 g/mol. The van der Waals surface area contributed by atoms with Gasteiger partial charge in [0, 0.05) is 20.1 Å². The highest BCUT2D eigenvalue weighted by atomic mass is 32.2. The first-order chi connectivity index (χ1) is 13.5. The lowest BCUT2D eigenvalue weighted by Gasteiger charge is -2.12. The Bertz CT molecular complexity index is 1060. The summed E-state index contributed by atoms with van der Waals surface area (Å²) in [6.07, 6.45) is 0.647. The van der Waals surface area contributed by atoms with Crippen molar-refractivity contribution >= 4 is 26.0 Å². The molecule has 29 heavy (non-hydrogen) atoms. The lowest BCUT2D eigenvalue weighted by molar-refractivity contribution is 0.0440. The van der Waals surface area contributed by atoms with Crippen molar-refractivity contribution in [3.63, 3.8) is 0 Å². The molecule has 160 valence electrons. The molecule has 0 aliphatic rings. The van der Waals surface area contributed by atoms with Crippen molar-refractivity contribution in [1.82, 2.24) is 9.03 Å². The third kappa shape index (κ3) is 5.66. The highest BCUT2D eigenvalue weighted by molar-refractivity contribution is 7.89. The average molecular weight is 445 g/mol. The minimum atomic E-state index is -3.71. The lowest BCUT2D eigenvalue weighted by Crippen LogP contribution is -2.32. The van der Waals surface area contributed by atoms with Crippen LogP contribution in [0.1, 0.15) is 36.4 Å². The first-order valence-electron chi connectivity index (χ1n) is 8.78. The van der Waals surface area contributed by atoms with Gasteiger partial charge in [-0.25, -0.2) is 30.7 Å². The molecular formula is C18H24N2O7S2. The number of hydrogen-bond donors (Lipinski definition) is 1. The quantitative estimate of drug-likeness (QED) is 0.587. The first kappa shape index (κ1) is 23.1. The molecule has 1 aromatic carbocycles. The van der Waals surface area contributed by atoms with E-state index in [-0.39, 0.29) is 34.0 Å². The van der Waals surface area contributed by atoms with Crippen molar-refractivity contribution in [2.24, 2.45) is 0 Å². The number of furan rings is 1. The van der Waals surface area contributed by atoms with Crippen LogP contribution in [-0.2, 0) is 31.4 Å². The maximum atomic E-state index is 12.2. The van der Waals surface area contributed by atoms with E-state index < -0.39 is 26.0 Å². The number of esters is 1. The number of benzene rings is 1. The van der Waals surface area contributed by atoms with Gasteiger partial charge in [0.15, 0.2) is 0 Å². The number of hydrogen-bond acceptors (Lipinski definition) is 7. The van der Waals surface area contributed by atoms with Crippen LogP contribution in [0.2, 0.25) is 0 Å². The summed E-state index contributed by atoms with van der Waals surface area (Å²) in [5.74, 6) is -0.534. The molecule has 0 amide bonds. The summed E-state index contributed by atoms with van der Waals surface area (Å²) in [5.41, 5.74) is 0.153. The number of carbonyl (C=O) groups is 1. The summed E-state index contributed by atoms with van der Waals surface area (Å²) in [6.45, 7) is 3.36. The van der Waals surface area contributed by atoms with Gasteiger partial charge in [0.1, 0.15) is 12.4 Å². The predicted octanol–water partition coefficient (Wildman–Crippen LogP) is 1.96. The zero-order valence-electron chi connectivity index (χ0n) is 16.6. The Morgan fingerprint density at radius 3 is 2.28 bits per heavy atom. The molecule has 9 nitrogen and oxygen atoms in total. The van der Waals surface area contributed by atoms with Crippen LogP contribution in [0.5, 0.6) is 0 Å². The topological polar surface area (TPSA) is 123 Å². The number of nitrogens with one attached hydrogen (secondary N) is 1. The summed E-state index contributed by atoms with van der Waals surface area (Å²) in [4.78, 5) is 12.2. The SMILES string of the molecule is CCC(C)NS(=O)(=O)c1ccc(C(=O)OCc2ccc(S(=O)(=O)N(C)C)o2)cc1. The van der Waals surface area contributed by atoms with Gasteiger partial charge < -0.3 is 9.15 Å². The van der Waals surface area contributed by atoms with Crippen molar-refractivity contribution < 1.29 is 30.8 Å². The summed E-state index contributed by atoms with van der Waals surface area (Å²) >= 11 is 0. The third-order valence-electron chi connectivity index (χ3n) is 4.09. The molecule has 1 unspecified atom stereocenters. The highest BCUT2D eigenvalue weighted by Crippen LogP contribution is 2.18. The molecule has 1 atom stereocenters. The van der Waals surface area contributed by atoms with Crippen LogP contribution in [0, 0.1) is 0 Å². The number of sulfonamides is 2. The molecule has 2 rings (SSSR count). The molecule has 2 aromatic rings. The van der Waals surface area contributed by atoms with Crippen LogP contribution in [-0.4, -0.2) is 47.2 Å². The van der Waals surface area contributed by atoms with Gasteiger partial charge >= 0.3 is 5.97 Å². The molecule has 0 aliphatic carbocycles. The molecule has 0 bridgehead atoms. The number of nitrogens with zero attached hydrogens (tertiary/aromatic N) is 1. The maximum absolute atomic E-state index is 12.2.